The molecule has 0 aliphatic heterocycles. The van der Waals surface area contributed by atoms with Crippen LogP contribution in [0.4, 0.5) is 0 Å². The highest BCUT2D eigenvalue weighted by atomic mass is 16.3. The van der Waals surface area contributed by atoms with Crippen molar-refractivity contribution in [2.24, 2.45) is 0 Å². The molecule has 6 aromatic carbocycles. The minimum atomic E-state index is 0.730. The van der Waals surface area contributed by atoms with E-state index in [1.165, 1.54) is 0 Å². The van der Waals surface area contributed by atoms with Gasteiger partial charge in [-0.3, -0.25) is 0 Å². The van der Waals surface area contributed by atoms with Crippen LogP contribution in [0.1, 0.15) is 0 Å². The lowest BCUT2D eigenvalue weighted by molar-refractivity contribution is 0.670. The van der Waals surface area contributed by atoms with Crippen molar-refractivity contribution in [3.8, 4) is 44.9 Å². The van der Waals surface area contributed by atoms with E-state index in [1.807, 2.05) is 36.4 Å². The lowest BCUT2D eigenvalue weighted by atomic mass is 9.97. The molecule has 3 heteroatoms. The molecule has 0 saturated carbocycles. The largest absolute Gasteiger partial charge is 0.455 e. The summed E-state index contributed by atoms with van der Waals surface area (Å²) in [6.45, 7) is 0. The van der Waals surface area contributed by atoms with Crippen LogP contribution in [-0.4, -0.2) is 9.97 Å². The first-order valence-corrected chi connectivity index (χ1v) is 13.8. The van der Waals surface area contributed by atoms with Crippen LogP contribution in [-0.2, 0) is 0 Å². The van der Waals surface area contributed by atoms with Gasteiger partial charge >= 0.3 is 0 Å². The molecule has 0 unspecified atom stereocenters. The van der Waals surface area contributed by atoms with Gasteiger partial charge in [0.25, 0.3) is 0 Å². The molecule has 8 aromatic rings. The minimum absolute atomic E-state index is 0.730. The number of para-hydroxylation sites is 2. The SMILES string of the molecule is c1ccc(-c2nc(-c3ccccc3)c3cc(-c4ccc(-c5cccc6c5oc5ccccc56)cc4)ccc3n2)cc1. The van der Waals surface area contributed by atoms with Gasteiger partial charge < -0.3 is 4.42 Å². The van der Waals surface area contributed by atoms with E-state index >= 15 is 0 Å². The lowest BCUT2D eigenvalue weighted by Gasteiger charge is -2.12. The van der Waals surface area contributed by atoms with Crippen molar-refractivity contribution in [2.45, 2.75) is 0 Å². The van der Waals surface area contributed by atoms with Crippen molar-refractivity contribution in [1.82, 2.24) is 9.97 Å². The second-order valence-corrected chi connectivity index (χ2v) is 10.2. The second-order valence-electron chi connectivity index (χ2n) is 10.2. The third-order valence-corrected chi connectivity index (χ3v) is 7.71. The van der Waals surface area contributed by atoms with Crippen molar-refractivity contribution in [3.05, 3.63) is 146 Å². The Bertz CT molecular complexity index is 2180. The smallest absolute Gasteiger partial charge is 0.160 e. The average molecular weight is 525 g/mol. The maximum Gasteiger partial charge on any atom is 0.160 e. The molecular weight excluding hydrogens is 500 g/mol. The third-order valence-electron chi connectivity index (χ3n) is 7.71. The van der Waals surface area contributed by atoms with Gasteiger partial charge in [0.15, 0.2) is 5.82 Å². The van der Waals surface area contributed by atoms with E-state index in [4.69, 9.17) is 14.4 Å². The zero-order valence-corrected chi connectivity index (χ0v) is 22.2. The highest BCUT2D eigenvalue weighted by molar-refractivity contribution is 6.09. The number of nitrogens with zero attached hydrogens (tertiary/aromatic N) is 2. The van der Waals surface area contributed by atoms with E-state index in [1.54, 1.807) is 0 Å². The van der Waals surface area contributed by atoms with Crippen LogP contribution in [0.2, 0.25) is 0 Å². The fraction of sp³-hybridized carbons (Fsp3) is 0. The van der Waals surface area contributed by atoms with Gasteiger partial charge in [-0.1, -0.05) is 127 Å². The molecule has 2 aromatic heterocycles. The zero-order valence-electron chi connectivity index (χ0n) is 22.2. The summed E-state index contributed by atoms with van der Waals surface area (Å²) in [6.07, 6.45) is 0. The van der Waals surface area contributed by atoms with Crippen LogP contribution in [0.25, 0.3) is 77.7 Å². The van der Waals surface area contributed by atoms with Crippen molar-refractivity contribution in [3.63, 3.8) is 0 Å². The van der Waals surface area contributed by atoms with Gasteiger partial charge in [-0.05, 0) is 34.9 Å². The molecule has 0 spiro atoms. The average Bonchev–Trinajstić information content (AvgIpc) is 3.44. The van der Waals surface area contributed by atoms with Gasteiger partial charge in [0.05, 0.1) is 11.2 Å². The molecule has 0 atom stereocenters. The minimum Gasteiger partial charge on any atom is -0.455 e. The van der Waals surface area contributed by atoms with E-state index in [2.05, 4.69) is 109 Å². The van der Waals surface area contributed by atoms with E-state index in [0.29, 0.717) is 0 Å². The molecule has 41 heavy (non-hydrogen) atoms. The molecule has 8 rings (SSSR count). The first kappa shape index (κ1) is 23.4. The first-order chi connectivity index (χ1) is 20.3. The van der Waals surface area contributed by atoms with E-state index in [-0.39, 0.29) is 0 Å². The number of furan rings is 1. The molecule has 0 aliphatic rings. The highest BCUT2D eigenvalue weighted by Gasteiger charge is 2.14. The Hall–Kier alpha value is -5.54. The number of hydrogen-bond acceptors (Lipinski definition) is 3. The van der Waals surface area contributed by atoms with E-state index < -0.39 is 0 Å². The van der Waals surface area contributed by atoms with Gasteiger partial charge in [-0.15, -0.1) is 0 Å². The van der Waals surface area contributed by atoms with Crippen LogP contribution in [0, 0.1) is 0 Å². The number of aromatic nitrogens is 2. The normalized spacial score (nSPS) is 11.4. The van der Waals surface area contributed by atoms with Crippen molar-refractivity contribution in [1.29, 1.82) is 0 Å². The van der Waals surface area contributed by atoms with Crippen molar-refractivity contribution >= 4 is 32.8 Å². The molecule has 192 valence electrons. The Labute approximate surface area is 237 Å². The highest BCUT2D eigenvalue weighted by Crippen LogP contribution is 2.37. The lowest BCUT2D eigenvalue weighted by Crippen LogP contribution is -1.95. The summed E-state index contributed by atoms with van der Waals surface area (Å²) >= 11 is 0. The molecule has 0 radical (unpaired) electrons. The number of fused-ring (bicyclic) bond motifs is 4. The summed E-state index contributed by atoms with van der Waals surface area (Å²) in [7, 11) is 0. The summed E-state index contributed by atoms with van der Waals surface area (Å²) in [6, 6.07) is 50.3. The number of hydrogen-bond donors (Lipinski definition) is 0. The fourth-order valence-electron chi connectivity index (χ4n) is 5.66. The molecule has 0 saturated heterocycles. The van der Waals surface area contributed by atoms with Gasteiger partial charge in [-0.2, -0.15) is 0 Å². The molecule has 0 bridgehead atoms. The predicted octanol–water partition coefficient (Wildman–Crippen LogP) is 10.2. The fourth-order valence-corrected chi connectivity index (χ4v) is 5.66. The van der Waals surface area contributed by atoms with Crippen LogP contribution in [0.3, 0.4) is 0 Å². The third kappa shape index (κ3) is 4.07. The summed E-state index contributed by atoms with van der Waals surface area (Å²) in [5.41, 5.74) is 10.3. The molecule has 0 fully saturated rings. The second kappa shape index (κ2) is 9.58. The van der Waals surface area contributed by atoms with Crippen LogP contribution in [0.15, 0.2) is 150 Å². The Morgan fingerprint density at radius 2 is 1.07 bits per heavy atom. The van der Waals surface area contributed by atoms with E-state index in [9.17, 15) is 0 Å². The summed E-state index contributed by atoms with van der Waals surface area (Å²) in [4.78, 5) is 10.0. The summed E-state index contributed by atoms with van der Waals surface area (Å²) < 4.78 is 6.28. The van der Waals surface area contributed by atoms with Gasteiger partial charge in [0, 0.05) is 32.8 Å². The molecule has 0 amide bonds. The first-order valence-electron chi connectivity index (χ1n) is 13.8. The maximum absolute atomic E-state index is 6.28. The molecule has 2 heterocycles. The van der Waals surface area contributed by atoms with Gasteiger partial charge in [0.2, 0.25) is 0 Å². The molecular formula is C38H24N2O. The standard InChI is InChI=1S/C38H24N2O/c1-3-10-27(11-4-1)36-33-24-29(22-23-34(33)39-38(40-36)28-12-5-2-6-13-28)25-18-20-26(21-19-25)30-15-9-16-32-31-14-7-8-17-35(31)41-37(30)32/h1-24H. The monoisotopic (exact) mass is 524 g/mol. The van der Waals surface area contributed by atoms with Crippen LogP contribution < -0.4 is 0 Å². The number of rotatable bonds is 4. The van der Waals surface area contributed by atoms with Crippen molar-refractivity contribution < 1.29 is 4.42 Å². The predicted molar refractivity (Wildman–Crippen MR) is 169 cm³/mol. The number of benzene rings is 6. The van der Waals surface area contributed by atoms with Crippen molar-refractivity contribution in [2.75, 3.05) is 0 Å². The quantitative estimate of drug-likeness (QED) is 0.230. The Kier molecular flexibility index (Phi) is 5.46. The Morgan fingerprint density at radius 1 is 0.415 bits per heavy atom. The van der Waals surface area contributed by atoms with E-state index in [0.717, 1.165) is 77.7 Å². The Morgan fingerprint density at radius 3 is 1.88 bits per heavy atom. The Balaban J connectivity index is 1.23. The molecule has 0 N–H and O–H groups in total. The molecule has 0 aliphatic carbocycles. The topological polar surface area (TPSA) is 38.9 Å². The summed E-state index contributed by atoms with van der Waals surface area (Å²) in [5.74, 6) is 0.730. The molecule has 3 nitrogen and oxygen atoms in total. The van der Waals surface area contributed by atoms with Gasteiger partial charge in [-0.25, -0.2) is 9.97 Å². The van der Waals surface area contributed by atoms with Gasteiger partial charge in [0.1, 0.15) is 11.2 Å². The maximum atomic E-state index is 6.28. The van der Waals surface area contributed by atoms with Crippen LogP contribution in [0.5, 0.6) is 0 Å². The van der Waals surface area contributed by atoms with Crippen LogP contribution >= 0.6 is 0 Å². The zero-order chi connectivity index (χ0) is 27.2. The summed E-state index contributed by atoms with van der Waals surface area (Å²) in [5, 5.41) is 3.31.